The van der Waals surface area contributed by atoms with E-state index in [1.165, 1.54) is 0 Å². The van der Waals surface area contributed by atoms with E-state index in [1.54, 1.807) is 0 Å². The molecule has 86 valence electrons. The molecule has 0 amide bonds. The van der Waals surface area contributed by atoms with Crippen LogP contribution in [0, 0.1) is 0 Å². The first kappa shape index (κ1) is 13.9. The maximum absolute atomic E-state index is 8.86. The Morgan fingerprint density at radius 1 is 1.21 bits per heavy atom. The highest BCUT2D eigenvalue weighted by molar-refractivity contribution is 4.64. The lowest BCUT2D eigenvalue weighted by molar-refractivity contribution is -0.0176. The van der Waals surface area contributed by atoms with Gasteiger partial charge in [0.15, 0.2) is 0 Å². The minimum Gasteiger partial charge on any atom is -0.395 e. The van der Waals surface area contributed by atoms with Crippen molar-refractivity contribution in [3.05, 3.63) is 0 Å². The van der Waals surface area contributed by atoms with Crippen LogP contribution in [0.1, 0.15) is 34.6 Å². The highest BCUT2D eigenvalue weighted by atomic mass is 16.5. The van der Waals surface area contributed by atoms with Gasteiger partial charge in [-0.1, -0.05) is 0 Å². The van der Waals surface area contributed by atoms with Crippen molar-refractivity contribution in [2.24, 2.45) is 0 Å². The van der Waals surface area contributed by atoms with Crippen LogP contribution in [0.25, 0.3) is 0 Å². The van der Waals surface area contributed by atoms with Gasteiger partial charge in [0.25, 0.3) is 0 Å². The van der Waals surface area contributed by atoms with Crippen LogP contribution >= 0.6 is 0 Å². The van der Waals surface area contributed by atoms with Crippen molar-refractivity contribution in [3.63, 3.8) is 0 Å². The molecule has 0 bridgehead atoms. The van der Waals surface area contributed by atoms with Gasteiger partial charge in [-0.2, -0.15) is 0 Å². The Bertz CT molecular complexity index is 141. The summed E-state index contributed by atoms with van der Waals surface area (Å²) in [5.41, 5.74) is -0.0676. The monoisotopic (exact) mass is 203 g/mol. The molecule has 1 N–H and O–H groups in total. The third-order valence-corrected chi connectivity index (χ3v) is 2.03. The van der Waals surface area contributed by atoms with Gasteiger partial charge in [-0.3, -0.25) is 4.90 Å². The molecule has 0 spiro atoms. The quantitative estimate of drug-likeness (QED) is 0.710. The summed E-state index contributed by atoms with van der Waals surface area (Å²) in [6.45, 7) is 13.0. The van der Waals surface area contributed by atoms with Gasteiger partial charge < -0.3 is 9.84 Å². The second kappa shape index (κ2) is 6.38. The van der Waals surface area contributed by atoms with Gasteiger partial charge >= 0.3 is 0 Å². The second-order valence-electron chi connectivity index (χ2n) is 4.81. The van der Waals surface area contributed by atoms with Gasteiger partial charge in [-0.15, -0.1) is 0 Å². The standard InChI is InChI=1S/C11H25NO2/c1-10(2)12(6-8-13)7-9-14-11(3,4)5/h10,13H,6-9H2,1-5H3. The fourth-order valence-corrected chi connectivity index (χ4v) is 1.23. The van der Waals surface area contributed by atoms with Crippen molar-refractivity contribution in [3.8, 4) is 0 Å². The summed E-state index contributed by atoms with van der Waals surface area (Å²) in [6, 6.07) is 0.464. The Labute approximate surface area is 88.1 Å². The van der Waals surface area contributed by atoms with Crippen LogP contribution in [0.4, 0.5) is 0 Å². The van der Waals surface area contributed by atoms with Gasteiger partial charge in [0.2, 0.25) is 0 Å². The maximum atomic E-state index is 8.86. The summed E-state index contributed by atoms with van der Waals surface area (Å²) < 4.78 is 5.63. The third-order valence-electron chi connectivity index (χ3n) is 2.03. The Kier molecular flexibility index (Phi) is 6.33. The van der Waals surface area contributed by atoms with E-state index in [0.717, 1.165) is 19.7 Å². The van der Waals surface area contributed by atoms with Gasteiger partial charge in [-0.05, 0) is 34.6 Å². The van der Waals surface area contributed by atoms with Crippen molar-refractivity contribution in [1.82, 2.24) is 4.90 Å². The summed E-state index contributed by atoms with van der Waals surface area (Å²) >= 11 is 0. The first-order chi connectivity index (χ1) is 6.37. The zero-order valence-corrected chi connectivity index (χ0v) is 10.2. The molecule has 3 heteroatoms. The van der Waals surface area contributed by atoms with Gasteiger partial charge in [0, 0.05) is 19.1 Å². The molecule has 0 saturated heterocycles. The molecular formula is C11H25NO2. The lowest BCUT2D eigenvalue weighted by atomic mass is 10.2. The molecule has 0 atom stereocenters. The molecule has 0 heterocycles. The molecule has 0 aromatic carbocycles. The number of hydrogen-bond donors (Lipinski definition) is 1. The lowest BCUT2D eigenvalue weighted by Crippen LogP contribution is -2.37. The lowest BCUT2D eigenvalue weighted by Gasteiger charge is -2.27. The second-order valence-corrected chi connectivity index (χ2v) is 4.81. The number of ether oxygens (including phenoxy) is 1. The van der Waals surface area contributed by atoms with Gasteiger partial charge in [-0.25, -0.2) is 0 Å². The predicted molar refractivity (Wildman–Crippen MR) is 59.5 cm³/mol. The summed E-state index contributed by atoms with van der Waals surface area (Å²) in [5.74, 6) is 0. The van der Waals surface area contributed by atoms with Crippen LogP contribution in [0.15, 0.2) is 0 Å². The van der Waals surface area contributed by atoms with Crippen LogP contribution in [0.5, 0.6) is 0 Å². The minimum absolute atomic E-state index is 0.0676. The van der Waals surface area contributed by atoms with Crippen molar-refractivity contribution < 1.29 is 9.84 Å². The highest BCUT2D eigenvalue weighted by Crippen LogP contribution is 2.07. The molecule has 0 aliphatic carbocycles. The summed E-state index contributed by atoms with van der Waals surface area (Å²) in [6.07, 6.45) is 0. The van der Waals surface area contributed by atoms with E-state index in [0.29, 0.717) is 6.04 Å². The van der Waals surface area contributed by atoms with Crippen LogP contribution in [0.2, 0.25) is 0 Å². The Balaban J connectivity index is 3.72. The number of aliphatic hydroxyl groups is 1. The SMILES string of the molecule is CC(C)N(CCO)CCOC(C)(C)C. The molecule has 0 rings (SSSR count). The molecule has 3 nitrogen and oxygen atoms in total. The van der Waals surface area contributed by atoms with E-state index < -0.39 is 0 Å². The summed E-state index contributed by atoms with van der Waals surface area (Å²) in [5, 5.41) is 8.86. The zero-order valence-electron chi connectivity index (χ0n) is 10.2. The van der Waals surface area contributed by atoms with E-state index >= 15 is 0 Å². The van der Waals surface area contributed by atoms with E-state index in [9.17, 15) is 0 Å². The van der Waals surface area contributed by atoms with Gasteiger partial charge in [0.05, 0.1) is 18.8 Å². The maximum Gasteiger partial charge on any atom is 0.0600 e. The predicted octanol–water partition coefficient (Wildman–Crippen LogP) is 1.50. The van der Waals surface area contributed by atoms with E-state index in [2.05, 4.69) is 39.5 Å². The first-order valence-electron chi connectivity index (χ1n) is 5.35. The number of nitrogens with zero attached hydrogens (tertiary/aromatic N) is 1. The van der Waals surface area contributed by atoms with Crippen molar-refractivity contribution in [2.75, 3.05) is 26.3 Å². The largest absolute Gasteiger partial charge is 0.395 e. The van der Waals surface area contributed by atoms with Gasteiger partial charge in [0.1, 0.15) is 0 Å². The Morgan fingerprint density at radius 2 is 1.79 bits per heavy atom. The van der Waals surface area contributed by atoms with Crippen LogP contribution < -0.4 is 0 Å². The number of aliphatic hydroxyl groups excluding tert-OH is 1. The topological polar surface area (TPSA) is 32.7 Å². The summed E-state index contributed by atoms with van der Waals surface area (Å²) in [7, 11) is 0. The molecule has 14 heavy (non-hydrogen) atoms. The average molecular weight is 203 g/mol. The van der Waals surface area contributed by atoms with E-state index in [4.69, 9.17) is 9.84 Å². The smallest absolute Gasteiger partial charge is 0.0600 e. The number of hydrogen-bond acceptors (Lipinski definition) is 3. The molecule has 0 fully saturated rings. The molecule has 0 aliphatic heterocycles. The average Bonchev–Trinajstić information content (AvgIpc) is 2.00. The van der Waals surface area contributed by atoms with Crippen LogP contribution in [-0.4, -0.2) is 48.0 Å². The van der Waals surface area contributed by atoms with Crippen LogP contribution in [-0.2, 0) is 4.74 Å². The van der Waals surface area contributed by atoms with Crippen molar-refractivity contribution in [2.45, 2.75) is 46.3 Å². The first-order valence-corrected chi connectivity index (χ1v) is 5.35. The molecule has 0 unspecified atom stereocenters. The van der Waals surface area contributed by atoms with Crippen molar-refractivity contribution >= 4 is 0 Å². The molecule has 0 saturated carbocycles. The molecule has 0 aromatic heterocycles. The van der Waals surface area contributed by atoms with E-state index in [1.807, 2.05) is 0 Å². The molecule has 0 aromatic rings. The minimum atomic E-state index is -0.0676. The molecular weight excluding hydrogens is 178 g/mol. The fourth-order valence-electron chi connectivity index (χ4n) is 1.23. The zero-order chi connectivity index (χ0) is 11.2. The highest BCUT2D eigenvalue weighted by Gasteiger charge is 2.12. The molecule has 0 aliphatic rings. The number of rotatable bonds is 6. The van der Waals surface area contributed by atoms with Crippen molar-refractivity contribution in [1.29, 1.82) is 0 Å². The Morgan fingerprint density at radius 3 is 2.14 bits per heavy atom. The normalized spacial score (nSPS) is 12.9. The van der Waals surface area contributed by atoms with Crippen LogP contribution in [0.3, 0.4) is 0 Å². The summed E-state index contributed by atoms with van der Waals surface area (Å²) in [4.78, 5) is 2.21. The fraction of sp³-hybridized carbons (Fsp3) is 1.00. The Hall–Kier alpha value is -0.120. The third kappa shape index (κ3) is 7.30. The molecule has 0 radical (unpaired) electrons. The van der Waals surface area contributed by atoms with E-state index in [-0.39, 0.29) is 12.2 Å².